The molecule has 0 aromatic rings. The van der Waals surface area contributed by atoms with E-state index >= 15 is 0 Å². The summed E-state index contributed by atoms with van der Waals surface area (Å²) >= 11 is 0. The summed E-state index contributed by atoms with van der Waals surface area (Å²) in [6.07, 6.45) is 4.09. The normalized spacial score (nSPS) is 11.7. The summed E-state index contributed by atoms with van der Waals surface area (Å²) in [4.78, 5) is 4.15. The fourth-order valence-corrected chi connectivity index (χ4v) is 0.761. The quantitative estimate of drug-likeness (QED) is 0.365. The van der Waals surface area contributed by atoms with Crippen molar-refractivity contribution in [3.05, 3.63) is 0 Å². The van der Waals surface area contributed by atoms with Crippen LogP contribution in [0.5, 0.6) is 0 Å². The number of unbranched alkanes of at least 4 members (excludes halogenated alkanes) is 1. The van der Waals surface area contributed by atoms with Gasteiger partial charge in [-0.25, -0.2) is 0 Å². The van der Waals surface area contributed by atoms with Gasteiger partial charge in [0.15, 0.2) is 0 Å². The molecule has 0 heterocycles. The molecule has 0 aromatic heterocycles. The molecule has 0 aliphatic rings. The van der Waals surface area contributed by atoms with Gasteiger partial charge in [0.1, 0.15) is 5.84 Å². The topological polar surface area (TPSA) is 44.6 Å². The van der Waals surface area contributed by atoms with Crippen LogP contribution >= 0.6 is 0 Å². The van der Waals surface area contributed by atoms with E-state index in [1.165, 1.54) is 0 Å². The van der Waals surface area contributed by atoms with Crippen molar-refractivity contribution < 1.29 is 5.21 Å². The van der Waals surface area contributed by atoms with Gasteiger partial charge in [0, 0.05) is 13.0 Å². The lowest BCUT2D eigenvalue weighted by Gasteiger charge is -2.02. The van der Waals surface area contributed by atoms with Crippen LogP contribution in [0.4, 0.5) is 0 Å². The van der Waals surface area contributed by atoms with Crippen molar-refractivity contribution in [3.63, 3.8) is 0 Å². The highest BCUT2D eigenvalue weighted by molar-refractivity contribution is 5.80. The maximum absolute atomic E-state index is 8.60. The Morgan fingerprint density at radius 3 is 2.55 bits per heavy atom. The van der Waals surface area contributed by atoms with E-state index in [-0.39, 0.29) is 0 Å². The molecule has 0 unspecified atom stereocenters. The Morgan fingerprint density at radius 2 is 2.09 bits per heavy atom. The number of hydrogen-bond acceptors (Lipinski definition) is 2. The van der Waals surface area contributed by atoms with Crippen LogP contribution < -0.4 is 5.48 Å². The first-order valence-corrected chi connectivity index (χ1v) is 4.28. The number of hydroxylamine groups is 1. The van der Waals surface area contributed by atoms with E-state index in [9.17, 15) is 0 Å². The van der Waals surface area contributed by atoms with E-state index in [4.69, 9.17) is 5.21 Å². The highest BCUT2D eigenvalue weighted by Gasteiger charge is 1.93. The SMILES string of the molecule is CCCCC(=NCCC)NO. The van der Waals surface area contributed by atoms with Crippen molar-refractivity contribution in [2.24, 2.45) is 4.99 Å². The third-order valence-electron chi connectivity index (χ3n) is 1.42. The molecule has 0 radical (unpaired) electrons. The van der Waals surface area contributed by atoms with Gasteiger partial charge >= 0.3 is 0 Å². The Labute approximate surface area is 68.5 Å². The lowest BCUT2D eigenvalue weighted by molar-refractivity contribution is 0.231. The molecule has 0 saturated carbocycles. The third kappa shape index (κ3) is 5.85. The van der Waals surface area contributed by atoms with Crippen LogP contribution in [0.25, 0.3) is 0 Å². The van der Waals surface area contributed by atoms with Gasteiger partial charge in [0.25, 0.3) is 0 Å². The lowest BCUT2D eigenvalue weighted by Crippen LogP contribution is -2.19. The smallest absolute Gasteiger partial charge is 0.120 e. The average Bonchev–Trinajstić information content (AvgIpc) is 2.05. The number of nitrogens with zero attached hydrogens (tertiary/aromatic N) is 1. The summed E-state index contributed by atoms with van der Waals surface area (Å²) in [5.74, 6) is 0.716. The largest absolute Gasteiger partial charge is 0.290 e. The first-order chi connectivity index (χ1) is 5.35. The van der Waals surface area contributed by atoms with Crippen LogP contribution in [0.1, 0.15) is 39.5 Å². The van der Waals surface area contributed by atoms with Crippen molar-refractivity contribution in [3.8, 4) is 0 Å². The second-order valence-corrected chi connectivity index (χ2v) is 2.54. The number of amidine groups is 1. The molecule has 0 saturated heterocycles. The number of nitrogens with one attached hydrogen (secondary N) is 1. The first-order valence-electron chi connectivity index (χ1n) is 4.28. The van der Waals surface area contributed by atoms with Gasteiger partial charge in [-0.15, -0.1) is 0 Å². The van der Waals surface area contributed by atoms with E-state index < -0.39 is 0 Å². The molecule has 0 rings (SSSR count). The fraction of sp³-hybridized carbons (Fsp3) is 0.875. The minimum atomic E-state index is 0.716. The second-order valence-electron chi connectivity index (χ2n) is 2.54. The van der Waals surface area contributed by atoms with Gasteiger partial charge in [-0.1, -0.05) is 20.3 Å². The summed E-state index contributed by atoms with van der Waals surface area (Å²) in [5, 5.41) is 8.60. The minimum absolute atomic E-state index is 0.716. The number of hydrogen-bond donors (Lipinski definition) is 2. The molecule has 0 amide bonds. The summed E-state index contributed by atoms with van der Waals surface area (Å²) < 4.78 is 0. The van der Waals surface area contributed by atoms with Crippen molar-refractivity contribution >= 4 is 5.84 Å². The zero-order chi connectivity index (χ0) is 8.53. The van der Waals surface area contributed by atoms with Crippen molar-refractivity contribution in [1.29, 1.82) is 0 Å². The summed E-state index contributed by atoms with van der Waals surface area (Å²) in [5.41, 5.74) is 2.12. The van der Waals surface area contributed by atoms with E-state index in [1.54, 1.807) is 0 Å². The van der Waals surface area contributed by atoms with Crippen molar-refractivity contribution in [2.75, 3.05) is 6.54 Å². The van der Waals surface area contributed by atoms with Crippen LogP contribution in [0.3, 0.4) is 0 Å². The molecule has 2 N–H and O–H groups in total. The van der Waals surface area contributed by atoms with E-state index in [2.05, 4.69) is 24.3 Å². The van der Waals surface area contributed by atoms with Crippen LogP contribution in [0.15, 0.2) is 4.99 Å². The molecule has 0 bridgehead atoms. The van der Waals surface area contributed by atoms with Gasteiger partial charge in [-0.2, -0.15) is 0 Å². The van der Waals surface area contributed by atoms with Crippen molar-refractivity contribution in [1.82, 2.24) is 5.48 Å². The van der Waals surface area contributed by atoms with Gasteiger partial charge in [0.05, 0.1) is 0 Å². The first kappa shape index (κ1) is 10.4. The zero-order valence-corrected chi connectivity index (χ0v) is 7.43. The Morgan fingerprint density at radius 1 is 1.36 bits per heavy atom. The Bertz CT molecular complexity index is 113. The highest BCUT2D eigenvalue weighted by Crippen LogP contribution is 1.95. The Hall–Kier alpha value is -0.570. The van der Waals surface area contributed by atoms with Crippen LogP contribution in [-0.4, -0.2) is 17.6 Å². The molecule has 0 aromatic carbocycles. The molecule has 0 aliphatic heterocycles. The molecule has 0 aliphatic carbocycles. The van der Waals surface area contributed by atoms with E-state index in [0.717, 1.165) is 32.2 Å². The van der Waals surface area contributed by atoms with Gasteiger partial charge in [-0.05, 0) is 12.8 Å². The third-order valence-corrected chi connectivity index (χ3v) is 1.42. The summed E-state index contributed by atoms with van der Waals surface area (Å²) in [6, 6.07) is 0. The van der Waals surface area contributed by atoms with E-state index in [1.807, 2.05) is 0 Å². The lowest BCUT2D eigenvalue weighted by atomic mass is 10.2. The molecule has 11 heavy (non-hydrogen) atoms. The van der Waals surface area contributed by atoms with Gasteiger partial charge in [0.2, 0.25) is 0 Å². The molecule has 3 heteroatoms. The molecule has 0 fully saturated rings. The monoisotopic (exact) mass is 158 g/mol. The van der Waals surface area contributed by atoms with Gasteiger partial charge in [-0.3, -0.25) is 15.7 Å². The maximum atomic E-state index is 8.60. The van der Waals surface area contributed by atoms with Crippen LogP contribution in [0, 0.1) is 0 Å². The second kappa shape index (κ2) is 7.54. The predicted molar refractivity (Wildman–Crippen MR) is 47.0 cm³/mol. The Balaban J connectivity index is 3.55. The predicted octanol–water partition coefficient (Wildman–Crippen LogP) is 1.96. The summed E-state index contributed by atoms with van der Waals surface area (Å²) in [6.45, 7) is 4.99. The summed E-state index contributed by atoms with van der Waals surface area (Å²) in [7, 11) is 0. The van der Waals surface area contributed by atoms with Crippen LogP contribution in [0.2, 0.25) is 0 Å². The Kier molecular flexibility index (Phi) is 7.15. The molecular weight excluding hydrogens is 140 g/mol. The maximum Gasteiger partial charge on any atom is 0.120 e. The molecular formula is C8H18N2O. The average molecular weight is 158 g/mol. The molecule has 3 nitrogen and oxygen atoms in total. The van der Waals surface area contributed by atoms with E-state index in [0.29, 0.717) is 5.84 Å². The van der Waals surface area contributed by atoms with Gasteiger partial charge < -0.3 is 0 Å². The molecule has 66 valence electrons. The standard InChI is InChI=1S/C8H18N2O/c1-3-5-6-8(10-11)9-7-4-2/h11H,3-7H2,1-2H3,(H,9,10). The molecule has 0 spiro atoms. The molecule has 0 atom stereocenters. The number of aliphatic imine (C=N–C) groups is 1. The number of rotatable bonds is 5. The highest BCUT2D eigenvalue weighted by atomic mass is 16.5. The van der Waals surface area contributed by atoms with Crippen molar-refractivity contribution in [2.45, 2.75) is 39.5 Å². The fourth-order valence-electron chi connectivity index (χ4n) is 0.761. The minimum Gasteiger partial charge on any atom is -0.290 e. The zero-order valence-electron chi connectivity index (χ0n) is 7.43. The van der Waals surface area contributed by atoms with Crippen LogP contribution in [-0.2, 0) is 0 Å².